The zero-order valence-corrected chi connectivity index (χ0v) is 11.9. The topological polar surface area (TPSA) is 70.0 Å². The fraction of sp³-hybridized carbons (Fsp3) is 0.533. The summed E-state index contributed by atoms with van der Waals surface area (Å²) in [6.45, 7) is 3.14. The van der Waals surface area contributed by atoms with Crippen molar-refractivity contribution in [3.63, 3.8) is 0 Å². The Morgan fingerprint density at radius 3 is 2.50 bits per heavy atom. The third-order valence-electron chi connectivity index (χ3n) is 4.12. The summed E-state index contributed by atoms with van der Waals surface area (Å²) in [5.41, 5.74) is -1.29. The Balaban J connectivity index is 2.11. The molecule has 0 spiro atoms. The number of ether oxygens (including phenoxy) is 1. The second kappa shape index (κ2) is 5.42. The molecule has 20 heavy (non-hydrogen) atoms. The van der Waals surface area contributed by atoms with Crippen LogP contribution in [0.2, 0.25) is 0 Å². The van der Waals surface area contributed by atoms with Crippen LogP contribution in [0.25, 0.3) is 0 Å². The lowest BCUT2D eigenvalue weighted by atomic mass is 9.87. The summed E-state index contributed by atoms with van der Waals surface area (Å²) in [5.74, 6) is 0. The van der Waals surface area contributed by atoms with Crippen LogP contribution in [0.15, 0.2) is 30.3 Å². The quantitative estimate of drug-likeness (QED) is 0.857. The molecule has 1 amide bonds. The minimum Gasteiger partial charge on any atom is -0.438 e. The first-order valence-electron chi connectivity index (χ1n) is 6.78. The van der Waals surface area contributed by atoms with Crippen molar-refractivity contribution in [2.75, 3.05) is 13.2 Å². The summed E-state index contributed by atoms with van der Waals surface area (Å²) in [5, 5.41) is 19.6. The number of aliphatic hydroxyl groups excluding tert-OH is 1. The van der Waals surface area contributed by atoms with Gasteiger partial charge in [0.05, 0.1) is 13.2 Å². The normalized spacial score (nSPS) is 29.6. The molecule has 0 radical (unpaired) electrons. The fourth-order valence-corrected chi connectivity index (χ4v) is 2.53. The van der Waals surface area contributed by atoms with Crippen molar-refractivity contribution < 1.29 is 19.7 Å². The van der Waals surface area contributed by atoms with Crippen molar-refractivity contribution in [2.45, 2.75) is 38.0 Å². The van der Waals surface area contributed by atoms with Gasteiger partial charge in [0.25, 0.3) is 0 Å². The van der Waals surface area contributed by atoms with Crippen LogP contribution in [0.5, 0.6) is 0 Å². The average Bonchev–Trinajstić information content (AvgIpc) is 2.58. The maximum absolute atomic E-state index is 11.8. The number of carbonyl (C=O) groups is 1. The minimum absolute atomic E-state index is 0.0623. The van der Waals surface area contributed by atoms with Crippen molar-refractivity contribution >= 4 is 6.09 Å². The van der Waals surface area contributed by atoms with Gasteiger partial charge in [-0.05, 0) is 32.3 Å². The third kappa shape index (κ3) is 2.51. The maximum atomic E-state index is 11.8. The van der Waals surface area contributed by atoms with Crippen LogP contribution in [-0.4, -0.2) is 45.7 Å². The minimum atomic E-state index is -1.43. The third-order valence-corrected chi connectivity index (χ3v) is 4.12. The van der Waals surface area contributed by atoms with Crippen molar-refractivity contribution in [3.8, 4) is 0 Å². The van der Waals surface area contributed by atoms with E-state index >= 15 is 0 Å². The molecule has 0 unspecified atom stereocenters. The molecule has 2 N–H and O–H groups in total. The first-order chi connectivity index (χ1) is 9.40. The van der Waals surface area contributed by atoms with Gasteiger partial charge in [-0.3, -0.25) is 4.90 Å². The Kier molecular flexibility index (Phi) is 4.01. The summed E-state index contributed by atoms with van der Waals surface area (Å²) >= 11 is 0. The van der Waals surface area contributed by atoms with E-state index in [0.717, 1.165) is 5.56 Å². The number of hydrogen-bond acceptors (Lipinski definition) is 4. The number of amides is 1. The number of cyclic esters (lactones) is 1. The van der Waals surface area contributed by atoms with Crippen LogP contribution < -0.4 is 0 Å². The highest BCUT2D eigenvalue weighted by molar-refractivity contribution is 5.72. The van der Waals surface area contributed by atoms with Gasteiger partial charge < -0.3 is 14.9 Å². The Morgan fingerprint density at radius 1 is 1.25 bits per heavy atom. The first-order valence-corrected chi connectivity index (χ1v) is 6.78. The predicted molar refractivity (Wildman–Crippen MR) is 74.1 cm³/mol. The summed E-state index contributed by atoms with van der Waals surface area (Å²) < 4.78 is 5.38. The zero-order chi connectivity index (χ0) is 14.8. The molecule has 0 aromatic heterocycles. The molecule has 1 aromatic rings. The lowest BCUT2D eigenvalue weighted by Crippen LogP contribution is -2.55. The molecule has 5 heteroatoms. The van der Waals surface area contributed by atoms with E-state index in [0.29, 0.717) is 12.8 Å². The molecule has 0 bridgehead atoms. The predicted octanol–water partition coefficient (Wildman–Crippen LogP) is 1.53. The largest absolute Gasteiger partial charge is 0.438 e. The molecule has 0 aliphatic carbocycles. The highest BCUT2D eigenvalue weighted by Gasteiger charge is 2.58. The van der Waals surface area contributed by atoms with Gasteiger partial charge in [-0.1, -0.05) is 30.3 Å². The van der Waals surface area contributed by atoms with Gasteiger partial charge in [-0.25, -0.2) is 4.79 Å². The van der Waals surface area contributed by atoms with E-state index < -0.39 is 17.4 Å². The van der Waals surface area contributed by atoms with Gasteiger partial charge in [0.2, 0.25) is 0 Å². The number of nitrogens with zero attached hydrogens (tertiary/aromatic N) is 1. The molecular formula is C15H21NO4. The molecule has 0 saturated carbocycles. The molecule has 2 atom stereocenters. The van der Waals surface area contributed by atoms with E-state index in [4.69, 9.17) is 9.84 Å². The second-order valence-corrected chi connectivity index (χ2v) is 5.48. The van der Waals surface area contributed by atoms with Crippen molar-refractivity contribution in [1.82, 2.24) is 4.90 Å². The van der Waals surface area contributed by atoms with Gasteiger partial charge in [-0.2, -0.15) is 0 Å². The van der Waals surface area contributed by atoms with Crippen LogP contribution in [-0.2, 0) is 11.2 Å². The summed E-state index contributed by atoms with van der Waals surface area (Å²) in [6.07, 6.45) is 0.630. The number of carbonyl (C=O) groups excluding carboxylic acids is 1. The monoisotopic (exact) mass is 279 g/mol. The second-order valence-electron chi connectivity index (χ2n) is 5.48. The highest BCUT2D eigenvalue weighted by atomic mass is 16.6. The average molecular weight is 279 g/mol. The Labute approximate surface area is 118 Å². The summed E-state index contributed by atoms with van der Waals surface area (Å²) in [6, 6.07) is 9.85. The molecule has 1 heterocycles. The van der Waals surface area contributed by atoms with Crippen molar-refractivity contribution in [1.29, 1.82) is 0 Å². The SMILES string of the molecule is C[C@]1(CCc2ccccc2)OC(=O)N(CCO)[C@]1(C)O. The Hall–Kier alpha value is -1.59. The van der Waals surface area contributed by atoms with Gasteiger partial charge in [0.1, 0.15) is 0 Å². The highest BCUT2D eigenvalue weighted by Crippen LogP contribution is 2.40. The maximum Gasteiger partial charge on any atom is 0.412 e. The molecule has 2 rings (SSSR count). The summed E-state index contributed by atoms with van der Waals surface area (Å²) in [4.78, 5) is 13.0. The number of benzene rings is 1. The Bertz CT molecular complexity index is 474. The zero-order valence-electron chi connectivity index (χ0n) is 11.9. The molecule has 1 fully saturated rings. The molecule has 110 valence electrons. The van der Waals surface area contributed by atoms with Crippen LogP contribution in [0.4, 0.5) is 4.79 Å². The summed E-state index contributed by atoms with van der Waals surface area (Å²) in [7, 11) is 0. The van der Waals surface area contributed by atoms with E-state index in [2.05, 4.69) is 0 Å². The van der Waals surface area contributed by atoms with Crippen LogP contribution in [0.1, 0.15) is 25.8 Å². The van der Waals surface area contributed by atoms with E-state index in [1.165, 1.54) is 4.90 Å². The number of β-amino-alcohol motifs (C(OH)–C–C–N with tert-alkyl or cyclic N) is 1. The van der Waals surface area contributed by atoms with Gasteiger partial charge in [0.15, 0.2) is 11.3 Å². The molecule has 5 nitrogen and oxygen atoms in total. The van der Waals surface area contributed by atoms with Gasteiger partial charge >= 0.3 is 6.09 Å². The number of rotatable bonds is 5. The number of hydrogen-bond donors (Lipinski definition) is 2. The van der Waals surface area contributed by atoms with E-state index in [1.807, 2.05) is 30.3 Å². The standard InChI is InChI=1S/C15H21NO4/c1-14(9-8-12-6-4-3-5-7-12)15(2,19)16(10-11-17)13(18)20-14/h3-7,17,19H,8-11H2,1-2H3/t14-,15-/m1/s1. The van der Waals surface area contributed by atoms with Crippen LogP contribution in [0.3, 0.4) is 0 Å². The molecule has 1 aliphatic heterocycles. The van der Waals surface area contributed by atoms with Gasteiger partial charge in [-0.15, -0.1) is 0 Å². The lowest BCUT2D eigenvalue weighted by Gasteiger charge is -2.37. The van der Waals surface area contributed by atoms with E-state index in [1.54, 1.807) is 13.8 Å². The van der Waals surface area contributed by atoms with E-state index in [-0.39, 0.29) is 13.2 Å². The van der Waals surface area contributed by atoms with Crippen molar-refractivity contribution in [2.24, 2.45) is 0 Å². The van der Waals surface area contributed by atoms with E-state index in [9.17, 15) is 9.90 Å². The lowest BCUT2D eigenvalue weighted by molar-refractivity contribution is -0.140. The Morgan fingerprint density at radius 2 is 1.90 bits per heavy atom. The molecule has 1 aromatic carbocycles. The molecule has 1 aliphatic rings. The smallest absolute Gasteiger partial charge is 0.412 e. The van der Waals surface area contributed by atoms with Crippen LogP contribution >= 0.6 is 0 Å². The van der Waals surface area contributed by atoms with Crippen molar-refractivity contribution in [3.05, 3.63) is 35.9 Å². The fourth-order valence-electron chi connectivity index (χ4n) is 2.53. The first kappa shape index (κ1) is 14.8. The molecule has 1 saturated heterocycles. The molecular weight excluding hydrogens is 258 g/mol. The van der Waals surface area contributed by atoms with Crippen LogP contribution in [0, 0.1) is 0 Å². The number of aryl methyl sites for hydroxylation is 1. The number of aliphatic hydroxyl groups is 2. The van der Waals surface area contributed by atoms with Gasteiger partial charge in [0, 0.05) is 0 Å².